The molecule has 0 saturated heterocycles. The van der Waals surface area contributed by atoms with Crippen molar-refractivity contribution >= 4 is 0 Å². The number of rotatable bonds is 7. The maximum absolute atomic E-state index is 8.99. The van der Waals surface area contributed by atoms with Gasteiger partial charge in [0.25, 0.3) is 0 Å². The van der Waals surface area contributed by atoms with Gasteiger partial charge in [0.05, 0.1) is 0 Å². The van der Waals surface area contributed by atoms with Gasteiger partial charge in [0.2, 0.25) is 0 Å². The van der Waals surface area contributed by atoms with E-state index in [4.69, 9.17) is 5.11 Å². The van der Waals surface area contributed by atoms with Crippen molar-refractivity contribution in [2.75, 3.05) is 19.7 Å². The summed E-state index contributed by atoms with van der Waals surface area (Å²) in [5, 5.41) is 12.4. The Balaban J connectivity index is 3.29. The molecular formula is C12H27NO. The fourth-order valence-corrected chi connectivity index (χ4v) is 1.40. The molecule has 0 heterocycles. The third kappa shape index (κ3) is 8.52. The number of hydrogen-bond donors (Lipinski definition) is 2. The summed E-state index contributed by atoms with van der Waals surface area (Å²) in [6, 6.07) is 0. The molecule has 0 amide bonds. The van der Waals surface area contributed by atoms with E-state index in [0.29, 0.717) is 17.9 Å². The first kappa shape index (κ1) is 13.9. The van der Waals surface area contributed by atoms with E-state index in [1.807, 2.05) is 0 Å². The van der Waals surface area contributed by atoms with Crippen molar-refractivity contribution in [2.24, 2.45) is 11.3 Å². The monoisotopic (exact) mass is 201 g/mol. The van der Waals surface area contributed by atoms with E-state index in [-0.39, 0.29) is 0 Å². The minimum Gasteiger partial charge on any atom is -0.396 e. The summed E-state index contributed by atoms with van der Waals surface area (Å²) in [5.41, 5.74) is 0.376. The molecule has 86 valence electrons. The van der Waals surface area contributed by atoms with Gasteiger partial charge in [-0.1, -0.05) is 34.1 Å². The fraction of sp³-hybridized carbons (Fsp3) is 1.00. The normalized spacial score (nSPS) is 14.4. The second kappa shape index (κ2) is 7.24. The molecule has 2 N–H and O–H groups in total. The van der Waals surface area contributed by atoms with Gasteiger partial charge < -0.3 is 10.4 Å². The third-order valence-corrected chi connectivity index (χ3v) is 2.46. The molecular weight excluding hydrogens is 174 g/mol. The molecule has 0 radical (unpaired) electrons. The third-order valence-electron chi connectivity index (χ3n) is 2.46. The van der Waals surface area contributed by atoms with E-state index in [0.717, 1.165) is 25.9 Å². The predicted molar refractivity (Wildman–Crippen MR) is 62.4 cm³/mol. The highest BCUT2D eigenvalue weighted by Crippen LogP contribution is 2.11. The van der Waals surface area contributed by atoms with Crippen molar-refractivity contribution < 1.29 is 5.11 Å². The molecule has 14 heavy (non-hydrogen) atoms. The van der Waals surface area contributed by atoms with Crippen LogP contribution in [-0.4, -0.2) is 24.8 Å². The van der Waals surface area contributed by atoms with Crippen LogP contribution in [0.3, 0.4) is 0 Å². The SMILES string of the molecule is CCC(CO)CCCNCC(C)(C)C. The summed E-state index contributed by atoms with van der Waals surface area (Å²) in [5.74, 6) is 0.506. The Morgan fingerprint density at radius 1 is 1.29 bits per heavy atom. The summed E-state index contributed by atoms with van der Waals surface area (Å²) in [7, 11) is 0. The number of aliphatic hydroxyl groups is 1. The zero-order valence-corrected chi connectivity index (χ0v) is 10.3. The Kier molecular flexibility index (Phi) is 7.20. The lowest BCUT2D eigenvalue weighted by Crippen LogP contribution is -2.27. The zero-order valence-electron chi connectivity index (χ0n) is 10.3. The van der Waals surface area contributed by atoms with Crippen molar-refractivity contribution in [3.8, 4) is 0 Å². The molecule has 0 fully saturated rings. The molecule has 0 bridgehead atoms. The number of aliphatic hydroxyl groups excluding tert-OH is 1. The highest BCUT2D eigenvalue weighted by Gasteiger charge is 2.09. The van der Waals surface area contributed by atoms with E-state index < -0.39 is 0 Å². The molecule has 0 aliphatic heterocycles. The minimum absolute atomic E-state index is 0.343. The second-order valence-electron chi connectivity index (χ2n) is 5.34. The average Bonchev–Trinajstić information content (AvgIpc) is 2.09. The fourth-order valence-electron chi connectivity index (χ4n) is 1.40. The molecule has 0 aliphatic carbocycles. The van der Waals surface area contributed by atoms with E-state index in [9.17, 15) is 0 Å². The first-order valence-corrected chi connectivity index (χ1v) is 5.81. The van der Waals surface area contributed by atoms with E-state index in [1.54, 1.807) is 0 Å². The van der Waals surface area contributed by atoms with Crippen LogP contribution in [0, 0.1) is 11.3 Å². The van der Waals surface area contributed by atoms with Gasteiger partial charge in [-0.25, -0.2) is 0 Å². The largest absolute Gasteiger partial charge is 0.396 e. The highest BCUT2D eigenvalue weighted by molar-refractivity contribution is 4.65. The Morgan fingerprint density at radius 3 is 2.36 bits per heavy atom. The maximum atomic E-state index is 8.99. The molecule has 0 aliphatic rings. The van der Waals surface area contributed by atoms with Gasteiger partial charge in [0.15, 0.2) is 0 Å². The van der Waals surface area contributed by atoms with Crippen LogP contribution < -0.4 is 5.32 Å². The lowest BCUT2D eigenvalue weighted by Gasteiger charge is -2.19. The van der Waals surface area contributed by atoms with Crippen molar-refractivity contribution in [2.45, 2.75) is 47.0 Å². The van der Waals surface area contributed by atoms with Crippen molar-refractivity contribution in [3.05, 3.63) is 0 Å². The average molecular weight is 201 g/mol. The molecule has 0 aromatic carbocycles. The standard InChI is InChI=1S/C12H27NO/c1-5-11(9-14)7-6-8-13-10-12(2,3)4/h11,13-14H,5-10H2,1-4H3. The Hall–Kier alpha value is -0.0800. The van der Waals surface area contributed by atoms with Gasteiger partial charge in [0.1, 0.15) is 0 Å². The van der Waals surface area contributed by atoms with Crippen LogP contribution in [0.5, 0.6) is 0 Å². The van der Waals surface area contributed by atoms with Crippen LogP contribution in [-0.2, 0) is 0 Å². The molecule has 0 aromatic rings. The van der Waals surface area contributed by atoms with Crippen LogP contribution in [0.2, 0.25) is 0 Å². The van der Waals surface area contributed by atoms with Crippen LogP contribution >= 0.6 is 0 Å². The topological polar surface area (TPSA) is 32.3 Å². The number of nitrogens with one attached hydrogen (secondary N) is 1. The van der Waals surface area contributed by atoms with Crippen LogP contribution in [0.15, 0.2) is 0 Å². The van der Waals surface area contributed by atoms with Gasteiger partial charge in [-0.3, -0.25) is 0 Å². The van der Waals surface area contributed by atoms with Gasteiger partial charge in [-0.15, -0.1) is 0 Å². The minimum atomic E-state index is 0.343. The van der Waals surface area contributed by atoms with Crippen LogP contribution in [0.25, 0.3) is 0 Å². The van der Waals surface area contributed by atoms with Gasteiger partial charge in [-0.05, 0) is 37.3 Å². The Morgan fingerprint density at radius 2 is 1.93 bits per heavy atom. The first-order chi connectivity index (χ1) is 6.49. The molecule has 0 rings (SSSR count). The quantitative estimate of drug-likeness (QED) is 0.620. The molecule has 1 atom stereocenters. The summed E-state index contributed by atoms with van der Waals surface area (Å²) in [6.45, 7) is 11.4. The Bertz CT molecular complexity index is 125. The maximum Gasteiger partial charge on any atom is 0.0459 e. The number of hydrogen-bond acceptors (Lipinski definition) is 2. The molecule has 0 aromatic heterocycles. The summed E-state index contributed by atoms with van der Waals surface area (Å²) >= 11 is 0. The van der Waals surface area contributed by atoms with Crippen LogP contribution in [0.4, 0.5) is 0 Å². The summed E-state index contributed by atoms with van der Waals surface area (Å²) in [6.07, 6.45) is 3.41. The molecule has 2 nitrogen and oxygen atoms in total. The van der Waals surface area contributed by atoms with Crippen molar-refractivity contribution in [1.82, 2.24) is 5.32 Å². The van der Waals surface area contributed by atoms with Gasteiger partial charge >= 0.3 is 0 Å². The van der Waals surface area contributed by atoms with Crippen molar-refractivity contribution in [1.29, 1.82) is 0 Å². The van der Waals surface area contributed by atoms with Crippen molar-refractivity contribution in [3.63, 3.8) is 0 Å². The molecule has 2 heteroatoms. The smallest absolute Gasteiger partial charge is 0.0459 e. The highest BCUT2D eigenvalue weighted by atomic mass is 16.3. The second-order valence-corrected chi connectivity index (χ2v) is 5.34. The van der Waals surface area contributed by atoms with E-state index in [1.165, 1.54) is 6.42 Å². The first-order valence-electron chi connectivity index (χ1n) is 5.81. The lowest BCUT2D eigenvalue weighted by molar-refractivity contribution is 0.212. The van der Waals surface area contributed by atoms with Crippen LogP contribution in [0.1, 0.15) is 47.0 Å². The predicted octanol–water partition coefficient (Wildman–Crippen LogP) is 2.42. The summed E-state index contributed by atoms with van der Waals surface area (Å²) in [4.78, 5) is 0. The molecule has 1 unspecified atom stereocenters. The van der Waals surface area contributed by atoms with Gasteiger partial charge in [-0.2, -0.15) is 0 Å². The van der Waals surface area contributed by atoms with E-state index >= 15 is 0 Å². The Labute approximate surface area is 89.1 Å². The summed E-state index contributed by atoms with van der Waals surface area (Å²) < 4.78 is 0. The van der Waals surface area contributed by atoms with Gasteiger partial charge in [0, 0.05) is 6.61 Å². The van der Waals surface area contributed by atoms with E-state index in [2.05, 4.69) is 33.0 Å². The molecule has 0 spiro atoms. The molecule has 0 saturated carbocycles. The lowest BCUT2D eigenvalue weighted by atomic mass is 9.97. The zero-order chi connectivity index (χ0) is 11.0.